The van der Waals surface area contributed by atoms with Crippen molar-refractivity contribution in [3.63, 3.8) is 0 Å². The number of hydrogen-bond acceptors (Lipinski definition) is 3. The van der Waals surface area contributed by atoms with Crippen LogP contribution >= 0.6 is 11.3 Å². The van der Waals surface area contributed by atoms with E-state index in [9.17, 15) is 0 Å². The summed E-state index contributed by atoms with van der Waals surface area (Å²) in [6.45, 7) is 8.81. The molecule has 0 aliphatic carbocycles. The zero-order valence-corrected chi connectivity index (χ0v) is 11.0. The maximum Gasteiger partial charge on any atom is 0.0926 e. The molecule has 0 saturated heterocycles. The summed E-state index contributed by atoms with van der Waals surface area (Å²) in [5, 5.41) is 6.99. The molecule has 0 radical (unpaired) electrons. The van der Waals surface area contributed by atoms with Gasteiger partial charge in [-0.25, -0.2) is 4.98 Å². The number of aryl methyl sites for hydroxylation is 1. The maximum absolute atomic E-state index is 4.60. The van der Waals surface area contributed by atoms with Gasteiger partial charge in [0.15, 0.2) is 0 Å². The molecule has 1 rings (SSSR count). The minimum Gasteiger partial charge on any atom is -0.306 e. The first-order valence-corrected chi connectivity index (χ1v) is 6.75. The number of nitrogens with one attached hydrogen (secondary N) is 1. The van der Waals surface area contributed by atoms with Gasteiger partial charge in [-0.2, -0.15) is 0 Å². The van der Waals surface area contributed by atoms with Crippen LogP contribution in [0.15, 0.2) is 5.38 Å². The van der Waals surface area contributed by atoms with Crippen molar-refractivity contribution in [2.75, 3.05) is 0 Å². The van der Waals surface area contributed by atoms with E-state index in [1.807, 2.05) is 0 Å². The highest BCUT2D eigenvalue weighted by Crippen LogP contribution is 2.17. The molecule has 0 aromatic carbocycles. The van der Waals surface area contributed by atoms with Gasteiger partial charge in [0.2, 0.25) is 0 Å². The molecule has 1 aromatic rings. The van der Waals surface area contributed by atoms with Crippen LogP contribution in [0.2, 0.25) is 0 Å². The number of nitrogens with zero attached hydrogens (tertiary/aromatic N) is 1. The molecule has 1 heterocycles. The van der Waals surface area contributed by atoms with E-state index in [1.165, 1.54) is 23.5 Å². The Balaban J connectivity index is 2.49. The smallest absolute Gasteiger partial charge is 0.0926 e. The summed E-state index contributed by atoms with van der Waals surface area (Å²) in [6.07, 6.45) is 3.51. The van der Waals surface area contributed by atoms with Crippen LogP contribution in [-0.4, -0.2) is 11.0 Å². The van der Waals surface area contributed by atoms with Gasteiger partial charge in [0.25, 0.3) is 0 Å². The standard InChI is InChI=1S/C12H22N2S/c1-5-7-9(3)13-10(4)11-8-15-12(6-2)14-11/h8-10,13H,5-7H2,1-4H3. The van der Waals surface area contributed by atoms with Crippen LogP contribution in [0, 0.1) is 0 Å². The van der Waals surface area contributed by atoms with Crippen molar-refractivity contribution in [1.82, 2.24) is 10.3 Å². The predicted molar refractivity (Wildman–Crippen MR) is 67.4 cm³/mol. The van der Waals surface area contributed by atoms with Crippen molar-refractivity contribution in [3.05, 3.63) is 16.1 Å². The molecule has 0 bridgehead atoms. The van der Waals surface area contributed by atoms with E-state index in [1.54, 1.807) is 11.3 Å². The Bertz CT molecular complexity index is 283. The normalized spacial score (nSPS) is 15.2. The van der Waals surface area contributed by atoms with Crippen LogP contribution in [0.5, 0.6) is 0 Å². The lowest BCUT2D eigenvalue weighted by molar-refractivity contribution is 0.447. The lowest BCUT2D eigenvalue weighted by atomic mass is 10.1. The minimum atomic E-state index is 0.378. The molecule has 0 aliphatic heterocycles. The molecule has 2 nitrogen and oxygen atoms in total. The average molecular weight is 226 g/mol. The predicted octanol–water partition coefficient (Wildman–Crippen LogP) is 3.54. The molecule has 2 unspecified atom stereocenters. The van der Waals surface area contributed by atoms with E-state index in [0.29, 0.717) is 12.1 Å². The Labute approximate surface area is 97.1 Å². The molecule has 3 heteroatoms. The van der Waals surface area contributed by atoms with E-state index >= 15 is 0 Å². The minimum absolute atomic E-state index is 0.378. The molecular weight excluding hydrogens is 204 g/mol. The molecule has 86 valence electrons. The third-order valence-corrected chi connectivity index (χ3v) is 3.58. The highest BCUT2D eigenvalue weighted by atomic mass is 32.1. The third-order valence-electron chi connectivity index (χ3n) is 2.57. The zero-order valence-electron chi connectivity index (χ0n) is 10.2. The SMILES string of the molecule is CCCC(C)NC(C)c1csc(CC)n1. The first kappa shape index (κ1) is 12.7. The Morgan fingerprint density at radius 3 is 2.67 bits per heavy atom. The highest BCUT2D eigenvalue weighted by molar-refractivity contribution is 7.09. The maximum atomic E-state index is 4.60. The van der Waals surface area contributed by atoms with Gasteiger partial charge in [-0.1, -0.05) is 20.3 Å². The average Bonchev–Trinajstić information content (AvgIpc) is 2.66. The van der Waals surface area contributed by atoms with Crippen molar-refractivity contribution in [1.29, 1.82) is 0 Å². The van der Waals surface area contributed by atoms with Gasteiger partial charge in [0.05, 0.1) is 10.7 Å². The second kappa shape index (κ2) is 6.23. The Hall–Kier alpha value is -0.410. The summed E-state index contributed by atoms with van der Waals surface area (Å²) in [5.74, 6) is 0. The number of aromatic nitrogens is 1. The van der Waals surface area contributed by atoms with Gasteiger partial charge < -0.3 is 5.32 Å². The monoisotopic (exact) mass is 226 g/mol. The summed E-state index contributed by atoms with van der Waals surface area (Å²) in [6, 6.07) is 0.958. The molecule has 0 spiro atoms. The van der Waals surface area contributed by atoms with Crippen molar-refractivity contribution >= 4 is 11.3 Å². The van der Waals surface area contributed by atoms with Gasteiger partial charge in [-0.05, 0) is 26.7 Å². The van der Waals surface area contributed by atoms with E-state index in [-0.39, 0.29) is 0 Å². The topological polar surface area (TPSA) is 24.9 Å². The van der Waals surface area contributed by atoms with Crippen LogP contribution in [0.1, 0.15) is 57.3 Å². The summed E-state index contributed by atoms with van der Waals surface area (Å²) in [7, 11) is 0. The molecule has 2 atom stereocenters. The van der Waals surface area contributed by atoms with E-state index in [2.05, 4.69) is 43.4 Å². The fourth-order valence-corrected chi connectivity index (χ4v) is 2.55. The van der Waals surface area contributed by atoms with E-state index in [0.717, 1.165) is 6.42 Å². The second-order valence-electron chi connectivity index (χ2n) is 4.10. The molecule has 15 heavy (non-hydrogen) atoms. The Morgan fingerprint density at radius 2 is 2.13 bits per heavy atom. The van der Waals surface area contributed by atoms with Crippen LogP contribution in [-0.2, 0) is 6.42 Å². The summed E-state index contributed by atoms with van der Waals surface area (Å²) in [5.41, 5.74) is 1.19. The van der Waals surface area contributed by atoms with E-state index < -0.39 is 0 Å². The van der Waals surface area contributed by atoms with Gasteiger partial charge in [-0.3, -0.25) is 0 Å². The molecule has 0 saturated carbocycles. The van der Waals surface area contributed by atoms with Gasteiger partial charge in [0, 0.05) is 17.5 Å². The van der Waals surface area contributed by atoms with Crippen LogP contribution < -0.4 is 5.32 Å². The van der Waals surface area contributed by atoms with Gasteiger partial charge >= 0.3 is 0 Å². The lowest BCUT2D eigenvalue weighted by Crippen LogP contribution is -2.28. The largest absolute Gasteiger partial charge is 0.306 e. The number of hydrogen-bond donors (Lipinski definition) is 1. The van der Waals surface area contributed by atoms with Gasteiger partial charge in [-0.15, -0.1) is 11.3 Å². The third kappa shape index (κ3) is 3.92. The lowest BCUT2D eigenvalue weighted by Gasteiger charge is -2.17. The Morgan fingerprint density at radius 1 is 1.40 bits per heavy atom. The van der Waals surface area contributed by atoms with Gasteiger partial charge in [0.1, 0.15) is 0 Å². The molecule has 0 aliphatic rings. The van der Waals surface area contributed by atoms with E-state index in [4.69, 9.17) is 0 Å². The molecular formula is C12H22N2S. The van der Waals surface area contributed by atoms with Crippen LogP contribution in [0.25, 0.3) is 0 Å². The van der Waals surface area contributed by atoms with Crippen LogP contribution in [0.4, 0.5) is 0 Å². The fraction of sp³-hybridized carbons (Fsp3) is 0.750. The number of thiazole rings is 1. The molecule has 0 amide bonds. The molecule has 1 N–H and O–H groups in total. The summed E-state index contributed by atoms with van der Waals surface area (Å²) < 4.78 is 0. The first-order valence-electron chi connectivity index (χ1n) is 5.87. The van der Waals surface area contributed by atoms with Crippen molar-refractivity contribution < 1.29 is 0 Å². The second-order valence-corrected chi connectivity index (χ2v) is 5.04. The summed E-state index contributed by atoms with van der Waals surface area (Å²) >= 11 is 1.77. The van der Waals surface area contributed by atoms with Crippen molar-refractivity contribution in [2.45, 2.75) is 59.0 Å². The zero-order chi connectivity index (χ0) is 11.3. The quantitative estimate of drug-likeness (QED) is 0.802. The fourth-order valence-electron chi connectivity index (χ4n) is 1.71. The molecule has 0 fully saturated rings. The highest BCUT2D eigenvalue weighted by Gasteiger charge is 2.11. The first-order chi connectivity index (χ1) is 7.17. The number of rotatable bonds is 6. The summed E-state index contributed by atoms with van der Waals surface area (Å²) in [4.78, 5) is 4.60. The van der Waals surface area contributed by atoms with Crippen molar-refractivity contribution in [2.24, 2.45) is 0 Å². The van der Waals surface area contributed by atoms with Crippen molar-refractivity contribution in [3.8, 4) is 0 Å². The Kier molecular flexibility index (Phi) is 5.26. The molecule has 1 aromatic heterocycles. The van der Waals surface area contributed by atoms with Crippen LogP contribution in [0.3, 0.4) is 0 Å².